The van der Waals surface area contributed by atoms with Crippen LogP contribution in [0.2, 0.25) is 0 Å². The molecule has 10 nitrogen and oxygen atoms in total. The van der Waals surface area contributed by atoms with Crippen molar-refractivity contribution in [2.45, 2.75) is 57.2 Å². The number of anilines is 3. The van der Waals surface area contributed by atoms with Crippen molar-refractivity contribution in [3.05, 3.63) is 18.1 Å². The molecule has 29 heavy (non-hydrogen) atoms. The van der Waals surface area contributed by atoms with Crippen LogP contribution in [0.15, 0.2) is 12.4 Å². The summed E-state index contributed by atoms with van der Waals surface area (Å²) in [5, 5.41) is 22.8. The first-order chi connectivity index (χ1) is 14.2. The highest BCUT2D eigenvalue weighted by atomic mass is 15.3. The minimum Gasteiger partial charge on any atom is -0.365 e. The molecule has 0 saturated carbocycles. The number of nitriles is 1. The molecule has 3 aromatic rings. The summed E-state index contributed by atoms with van der Waals surface area (Å²) in [6.07, 6.45) is 6.78. The lowest BCUT2D eigenvalue weighted by molar-refractivity contribution is 0.136. The van der Waals surface area contributed by atoms with Crippen LogP contribution < -0.4 is 10.6 Å². The fourth-order valence-corrected chi connectivity index (χ4v) is 4.72. The number of aromatic nitrogens is 6. The van der Waals surface area contributed by atoms with Crippen molar-refractivity contribution in [2.24, 2.45) is 0 Å². The van der Waals surface area contributed by atoms with E-state index < -0.39 is 0 Å². The third-order valence-corrected chi connectivity index (χ3v) is 5.94. The number of piperidine rings is 1. The minimum absolute atomic E-state index is 0.340. The highest BCUT2D eigenvalue weighted by Crippen LogP contribution is 2.37. The first kappa shape index (κ1) is 17.9. The smallest absolute Gasteiger partial charge is 0.232 e. The van der Waals surface area contributed by atoms with E-state index in [1.807, 2.05) is 13.0 Å². The summed E-state index contributed by atoms with van der Waals surface area (Å²) in [6.45, 7) is 2.83. The van der Waals surface area contributed by atoms with Gasteiger partial charge in [-0.1, -0.05) is 0 Å². The van der Waals surface area contributed by atoms with Crippen molar-refractivity contribution in [3.8, 4) is 6.07 Å². The van der Waals surface area contributed by atoms with E-state index in [0.717, 1.165) is 36.4 Å². The molecule has 0 aromatic carbocycles. The van der Waals surface area contributed by atoms with Gasteiger partial charge in [0.05, 0.1) is 12.4 Å². The van der Waals surface area contributed by atoms with E-state index >= 15 is 0 Å². The largest absolute Gasteiger partial charge is 0.365 e. The van der Waals surface area contributed by atoms with Crippen molar-refractivity contribution in [1.82, 2.24) is 35.0 Å². The molecule has 5 rings (SSSR count). The summed E-state index contributed by atoms with van der Waals surface area (Å²) in [5.41, 5.74) is 2.39. The van der Waals surface area contributed by atoms with Crippen molar-refractivity contribution in [1.29, 1.82) is 5.26 Å². The van der Waals surface area contributed by atoms with Crippen LogP contribution in [-0.2, 0) is 0 Å². The summed E-state index contributed by atoms with van der Waals surface area (Å²) >= 11 is 0. The van der Waals surface area contributed by atoms with Crippen LogP contribution in [0.25, 0.3) is 11.2 Å². The van der Waals surface area contributed by atoms with Crippen LogP contribution in [-0.4, -0.2) is 59.7 Å². The number of H-pyrrole nitrogens is 2. The molecule has 2 aliphatic heterocycles. The maximum Gasteiger partial charge on any atom is 0.232 e. The molecule has 2 fully saturated rings. The summed E-state index contributed by atoms with van der Waals surface area (Å²) in [5.74, 6) is 1.90. The fraction of sp³-hybridized carbons (Fsp3) is 0.526. The molecule has 0 spiro atoms. The maximum atomic E-state index is 8.92. The van der Waals surface area contributed by atoms with Crippen molar-refractivity contribution < 1.29 is 0 Å². The Labute approximate surface area is 168 Å². The number of hydrogen-bond donors (Lipinski definition) is 4. The van der Waals surface area contributed by atoms with E-state index in [1.54, 1.807) is 6.33 Å². The molecule has 4 N–H and O–H groups in total. The van der Waals surface area contributed by atoms with E-state index in [9.17, 15) is 0 Å². The molecule has 150 valence electrons. The third-order valence-electron chi connectivity index (χ3n) is 5.94. The normalized spacial score (nSPS) is 23.9. The first-order valence-electron chi connectivity index (χ1n) is 10.1. The number of aromatic amines is 2. The summed E-state index contributed by atoms with van der Waals surface area (Å²) in [7, 11) is 0. The standard InChI is InChI=1S/C19H24N10/c1-11-7-15(28-27-11)24-19-25-17-16(21-10-22-17)18(26-19)23-12-8-13-3-4-14(9-12)29(13)6-2-5-20/h7,10,12-14H,2-4,6,8-9H2,1H3,(H4,21,22,23,24,25,26,27,28)/t12?,13-,14?/m0/s1. The summed E-state index contributed by atoms with van der Waals surface area (Å²) in [4.78, 5) is 19.2. The molecule has 5 heterocycles. The SMILES string of the molecule is Cc1cc(Nc2nc(NC3CC4CC[C@@H](C3)N4CCC#N)c3[nH]cnc3n2)n[nH]1. The van der Waals surface area contributed by atoms with E-state index in [2.05, 4.69) is 46.8 Å². The van der Waals surface area contributed by atoms with E-state index in [1.165, 1.54) is 12.8 Å². The molecule has 0 radical (unpaired) electrons. The Bertz CT molecular complexity index is 1030. The van der Waals surface area contributed by atoms with Gasteiger partial charge in [-0.25, -0.2) is 4.98 Å². The molecule has 10 heteroatoms. The fourth-order valence-electron chi connectivity index (χ4n) is 4.72. The van der Waals surface area contributed by atoms with Crippen LogP contribution in [0.3, 0.4) is 0 Å². The Morgan fingerprint density at radius 1 is 1.28 bits per heavy atom. The summed E-state index contributed by atoms with van der Waals surface area (Å²) in [6, 6.07) is 5.61. The van der Waals surface area contributed by atoms with Crippen LogP contribution in [0.4, 0.5) is 17.6 Å². The topological polar surface area (TPSA) is 134 Å². The highest BCUT2D eigenvalue weighted by Gasteiger charge is 2.40. The number of fused-ring (bicyclic) bond motifs is 3. The quantitative estimate of drug-likeness (QED) is 0.502. The maximum absolute atomic E-state index is 8.92. The number of rotatable bonds is 6. The molecule has 3 atom stereocenters. The van der Waals surface area contributed by atoms with Crippen LogP contribution in [0.1, 0.15) is 37.8 Å². The van der Waals surface area contributed by atoms with Gasteiger partial charge in [0.25, 0.3) is 0 Å². The lowest BCUT2D eigenvalue weighted by Crippen LogP contribution is -2.47. The van der Waals surface area contributed by atoms with E-state index in [0.29, 0.717) is 42.0 Å². The monoisotopic (exact) mass is 392 g/mol. The van der Waals surface area contributed by atoms with Gasteiger partial charge in [0.2, 0.25) is 5.95 Å². The number of nitrogens with one attached hydrogen (secondary N) is 4. The Hall–Kier alpha value is -3.19. The van der Waals surface area contributed by atoms with Gasteiger partial charge in [-0.15, -0.1) is 0 Å². The molecule has 2 unspecified atom stereocenters. The van der Waals surface area contributed by atoms with Gasteiger partial charge in [0, 0.05) is 42.9 Å². The number of imidazole rings is 1. The molecule has 2 saturated heterocycles. The summed E-state index contributed by atoms with van der Waals surface area (Å²) < 4.78 is 0. The Kier molecular flexibility index (Phi) is 4.52. The zero-order valence-electron chi connectivity index (χ0n) is 16.3. The lowest BCUT2D eigenvalue weighted by atomic mass is 9.97. The van der Waals surface area contributed by atoms with Gasteiger partial charge < -0.3 is 15.6 Å². The second kappa shape index (κ2) is 7.33. The van der Waals surface area contributed by atoms with E-state index in [4.69, 9.17) is 10.2 Å². The molecule has 3 aromatic heterocycles. The molecule has 0 amide bonds. The molecule has 2 aliphatic rings. The minimum atomic E-state index is 0.340. The average Bonchev–Trinajstić information content (AvgIpc) is 3.39. The zero-order chi connectivity index (χ0) is 19.8. The van der Waals surface area contributed by atoms with E-state index in [-0.39, 0.29) is 0 Å². The number of nitrogens with zero attached hydrogens (tertiary/aromatic N) is 6. The van der Waals surface area contributed by atoms with Gasteiger partial charge in [-0.2, -0.15) is 20.3 Å². The average molecular weight is 392 g/mol. The van der Waals surface area contributed by atoms with Crippen LogP contribution >= 0.6 is 0 Å². The molecular formula is C19H24N10. The Morgan fingerprint density at radius 2 is 2.10 bits per heavy atom. The third kappa shape index (κ3) is 3.49. The highest BCUT2D eigenvalue weighted by molar-refractivity contribution is 5.84. The van der Waals surface area contributed by atoms with Gasteiger partial charge >= 0.3 is 0 Å². The number of aryl methyl sites for hydroxylation is 1. The Morgan fingerprint density at radius 3 is 2.83 bits per heavy atom. The molecule has 0 aliphatic carbocycles. The molecule has 2 bridgehead atoms. The zero-order valence-corrected chi connectivity index (χ0v) is 16.3. The lowest BCUT2D eigenvalue weighted by Gasteiger charge is -2.39. The second-order valence-electron chi connectivity index (χ2n) is 7.90. The van der Waals surface area contributed by atoms with Gasteiger partial charge in [0.15, 0.2) is 17.3 Å². The number of hydrogen-bond acceptors (Lipinski definition) is 8. The first-order valence-corrected chi connectivity index (χ1v) is 10.1. The van der Waals surface area contributed by atoms with Gasteiger partial charge in [-0.3, -0.25) is 10.00 Å². The van der Waals surface area contributed by atoms with Gasteiger partial charge in [-0.05, 0) is 32.6 Å². The van der Waals surface area contributed by atoms with Crippen molar-refractivity contribution >= 4 is 28.7 Å². The van der Waals surface area contributed by atoms with Crippen LogP contribution in [0.5, 0.6) is 0 Å². The van der Waals surface area contributed by atoms with Crippen LogP contribution in [0, 0.1) is 18.3 Å². The second-order valence-corrected chi connectivity index (χ2v) is 7.90. The Balaban J connectivity index is 1.35. The van der Waals surface area contributed by atoms with Gasteiger partial charge in [0.1, 0.15) is 5.52 Å². The predicted octanol–water partition coefficient (Wildman–Crippen LogP) is 2.45. The molecular weight excluding hydrogens is 368 g/mol. The van der Waals surface area contributed by atoms with Crippen molar-refractivity contribution in [3.63, 3.8) is 0 Å². The van der Waals surface area contributed by atoms with Crippen molar-refractivity contribution in [2.75, 3.05) is 17.2 Å². The predicted molar refractivity (Wildman–Crippen MR) is 109 cm³/mol.